The Morgan fingerprint density at radius 2 is 1.79 bits per heavy atom. The van der Waals surface area contributed by atoms with Gasteiger partial charge in [-0.25, -0.2) is 4.79 Å². The van der Waals surface area contributed by atoms with Crippen LogP contribution in [0.15, 0.2) is 54.6 Å². The molecule has 29 heavy (non-hydrogen) atoms. The van der Waals surface area contributed by atoms with Crippen molar-refractivity contribution in [1.29, 1.82) is 0 Å². The SMILES string of the molecule is O=C(CN1CCC(NC(=O)NCCc2cccc(Cl)c2)CC1)Nc1ccccc1. The molecule has 7 heteroatoms. The molecule has 1 aliphatic heterocycles. The van der Waals surface area contributed by atoms with E-state index >= 15 is 0 Å². The summed E-state index contributed by atoms with van der Waals surface area (Å²) in [6, 6.07) is 17.1. The quantitative estimate of drug-likeness (QED) is 0.651. The van der Waals surface area contributed by atoms with Crippen LogP contribution in [0.1, 0.15) is 18.4 Å². The minimum atomic E-state index is -0.146. The zero-order valence-electron chi connectivity index (χ0n) is 16.4. The number of carbonyl (C=O) groups is 2. The van der Waals surface area contributed by atoms with Crippen molar-refractivity contribution >= 4 is 29.2 Å². The van der Waals surface area contributed by atoms with Crippen molar-refractivity contribution in [1.82, 2.24) is 15.5 Å². The molecule has 3 amide bonds. The number of likely N-dealkylation sites (tertiary alicyclic amines) is 1. The summed E-state index contributed by atoms with van der Waals surface area (Å²) >= 11 is 5.97. The van der Waals surface area contributed by atoms with Gasteiger partial charge in [0, 0.05) is 36.4 Å². The third-order valence-electron chi connectivity index (χ3n) is 4.94. The molecule has 1 aliphatic rings. The predicted octanol–water partition coefficient (Wildman–Crippen LogP) is 3.28. The molecule has 1 heterocycles. The molecular formula is C22H27ClN4O2. The number of rotatable bonds is 7. The number of urea groups is 1. The van der Waals surface area contributed by atoms with Gasteiger partial charge in [0.2, 0.25) is 5.91 Å². The first-order valence-electron chi connectivity index (χ1n) is 9.94. The molecule has 6 nitrogen and oxygen atoms in total. The Bertz CT molecular complexity index is 807. The van der Waals surface area contributed by atoms with Gasteiger partial charge in [0.15, 0.2) is 0 Å². The molecule has 0 radical (unpaired) electrons. The van der Waals surface area contributed by atoms with Crippen LogP contribution in [0.5, 0.6) is 0 Å². The van der Waals surface area contributed by atoms with Crippen molar-refractivity contribution in [3.05, 3.63) is 65.2 Å². The molecule has 154 valence electrons. The number of hydrogen-bond acceptors (Lipinski definition) is 3. The van der Waals surface area contributed by atoms with Crippen LogP contribution in [0, 0.1) is 0 Å². The normalized spacial score (nSPS) is 14.9. The summed E-state index contributed by atoms with van der Waals surface area (Å²) in [5, 5.41) is 9.53. The first-order valence-corrected chi connectivity index (χ1v) is 10.3. The number of anilines is 1. The summed E-state index contributed by atoms with van der Waals surface area (Å²) in [4.78, 5) is 26.4. The summed E-state index contributed by atoms with van der Waals surface area (Å²) in [7, 11) is 0. The summed E-state index contributed by atoms with van der Waals surface area (Å²) in [6.45, 7) is 2.50. The zero-order valence-corrected chi connectivity index (χ0v) is 17.1. The van der Waals surface area contributed by atoms with Gasteiger partial charge < -0.3 is 16.0 Å². The number of halogens is 1. The Labute approximate surface area is 176 Å². The van der Waals surface area contributed by atoms with Crippen molar-refractivity contribution in [2.45, 2.75) is 25.3 Å². The van der Waals surface area contributed by atoms with Gasteiger partial charge in [-0.05, 0) is 49.1 Å². The molecule has 3 N–H and O–H groups in total. The molecule has 2 aromatic rings. The molecule has 0 unspecified atom stereocenters. The van der Waals surface area contributed by atoms with Crippen LogP contribution in [-0.4, -0.2) is 49.1 Å². The van der Waals surface area contributed by atoms with Crippen LogP contribution in [-0.2, 0) is 11.2 Å². The number of hydrogen-bond donors (Lipinski definition) is 3. The van der Waals surface area contributed by atoms with Crippen LogP contribution in [0.2, 0.25) is 5.02 Å². The lowest BCUT2D eigenvalue weighted by Crippen LogP contribution is -2.49. The molecule has 0 saturated carbocycles. The molecule has 0 bridgehead atoms. The van der Waals surface area contributed by atoms with Gasteiger partial charge in [-0.15, -0.1) is 0 Å². The van der Waals surface area contributed by atoms with E-state index in [0.29, 0.717) is 18.1 Å². The fraction of sp³-hybridized carbons (Fsp3) is 0.364. The highest BCUT2D eigenvalue weighted by Crippen LogP contribution is 2.12. The van der Waals surface area contributed by atoms with Gasteiger partial charge in [0.25, 0.3) is 0 Å². The Kier molecular flexibility index (Phi) is 7.90. The Hall–Kier alpha value is -2.57. The average Bonchev–Trinajstić information content (AvgIpc) is 2.70. The maximum Gasteiger partial charge on any atom is 0.315 e. The van der Waals surface area contributed by atoms with Crippen molar-refractivity contribution in [3.8, 4) is 0 Å². The van der Waals surface area contributed by atoms with Crippen molar-refractivity contribution < 1.29 is 9.59 Å². The number of nitrogens with one attached hydrogen (secondary N) is 3. The third-order valence-corrected chi connectivity index (χ3v) is 5.17. The first kappa shape index (κ1) is 21.1. The Morgan fingerprint density at radius 1 is 1.03 bits per heavy atom. The van der Waals surface area contributed by atoms with Gasteiger partial charge >= 0.3 is 6.03 Å². The fourth-order valence-electron chi connectivity index (χ4n) is 3.41. The second-order valence-corrected chi connectivity index (χ2v) is 7.68. The molecule has 1 fully saturated rings. The summed E-state index contributed by atoms with van der Waals surface area (Å²) in [5.41, 5.74) is 1.91. The standard InChI is InChI=1S/C22H27ClN4O2/c23-18-6-4-5-17(15-18)9-12-24-22(29)26-20-10-13-27(14-11-20)16-21(28)25-19-7-2-1-3-8-19/h1-8,15,20H,9-14,16H2,(H,25,28)(H2,24,26,29). The minimum absolute atomic E-state index is 0.0126. The number of carbonyl (C=O) groups excluding carboxylic acids is 2. The molecule has 3 rings (SSSR count). The van der Waals surface area contributed by atoms with E-state index in [0.717, 1.165) is 43.6 Å². The Morgan fingerprint density at radius 3 is 2.52 bits per heavy atom. The topological polar surface area (TPSA) is 73.5 Å². The average molecular weight is 415 g/mol. The lowest BCUT2D eigenvalue weighted by atomic mass is 10.1. The van der Waals surface area contributed by atoms with E-state index in [2.05, 4.69) is 20.9 Å². The van der Waals surface area contributed by atoms with Crippen LogP contribution in [0.4, 0.5) is 10.5 Å². The van der Waals surface area contributed by atoms with Crippen molar-refractivity contribution in [2.75, 3.05) is 31.5 Å². The van der Waals surface area contributed by atoms with Gasteiger partial charge in [-0.2, -0.15) is 0 Å². The molecule has 1 saturated heterocycles. The van der Waals surface area contributed by atoms with E-state index in [1.807, 2.05) is 54.6 Å². The number of benzene rings is 2. The lowest BCUT2D eigenvalue weighted by molar-refractivity contribution is -0.117. The van der Waals surface area contributed by atoms with E-state index in [4.69, 9.17) is 11.6 Å². The van der Waals surface area contributed by atoms with Crippen LogP contribution >= 0.6 is 11.6 Å². The second kappa shape index (κ2) is 10.8. The van der Waals surface area contributed by atoms with Crippen LogP contribution in [0.25, 0.3) is 0 Å². The molecular weight excluding hydrogens is 388 g/mol. The number of amides is 3. The van der Waals surface area contributed by atoms with Crippen molar-refractivity contribution in [2.24, 2.45) is 0 Å². The fourth-order valence-corrected chi connectivity index (χ4v) is 3.62. The van der Waals surface area contributed by atoms with Gasteiger partial charge in [0.1, 0.15) is 0 Å². The number of nitrogens with zero attached hydrogens (tertiary/aromatic N) is 1. The van der Waals surface area contributed by atoms with Gasteiger partial charge in [-0.1, -0.05) is 41.9 Å². The summed E-state index contributed by atoms with van der Waals surface area (Å²) in [5.74, 6) is -0.0126. The largest absolute Gasteiger partial charge is 0.338 e. The number of piperidine rings is 1. The van der Waals surface area contributed by atoms with E-state index in [9.17, 15) is 9.59 Å². The monoisotopic (exact) mass is 414 g/mol. The molecule has 0 aliphatic carbocycles. The third kappa shape index (κ3) is 7.40. The first-order chi connectivity index (χ1) is 14.1. The molecule has 2 aromatic carbocycles. The summed E-state index contributed by atoms with van der Waals surface area (Å²) in [6.07, 6.45) is 2.41. The number of para-hydroxylation sites is 1. The summed E-state index contributed by atoms with van der Waals surface area (Å²) < 4.78 is 0. The minimum Gasteiger partial charge on any atom is -0.338 e. The maximum absolute atomic E-state index is 12.2. The highest BCUT2D eigenvalue weighted by Gasteiger charge is 2.22. The predicted molar refractivity (Wildman–Crippen MR) is 116 cm³/mol. The van der Waals surface area contributed by atoms with Crippen molar-refractivity contribution in [3.63, 3.8) is 0 Å². The van der Waals surface area contributed by atoms with E-state index in [-0.39, 0.29) is 18.0 Å². The molecule has 0 atom stereocenters. The van der Waals surface area contributed by atoms with Crippen LogP contribution < -0.4 is 16.0 Å². The smallest absolute Gasteiger partial charge is 0.315 e. The Balaban J connectivity index is 1.31. The lowest BCUT2D eigenvalue weighted by Gasteiger charge is -2.31. The van der Waals surface area contributed by atoms with E-state index in [1.165, 1.54) is 0 Å². The van der Waals surface area contributed by atoms with Gasteiger partial charge in [0.05, 0.1) is 6.54 Å². The van der Waals surface area contributed by atoms with Crippen LogP contribution in [0.3, 0.4) is 0 Å². The molecule has 0 aromatic heterocycles. The van der Waals surface area contributed by atoms with Gasteiger partial charge in [-0.3, -0.25) is 9.69 Å². The highest BCUT2D eigenvalue weighted by atomic mass is 35.5. The highest BCUT2D eigenvalue weighted by molar-refractivity contribution is 6.30. The molecule has 0 spiro atoms. The zero-order chi connectivity index (χ0) is 20.5. The van der Waals surface area contributed by atoms with E-state index < -0.39 is 0 Å². The second-order valence-electron chi connectivity index (χ2n) is 7.24. The van der Waals surface area contributed by atoms with E-state index in [1.54, 1.807) is 0 Å². The maximum atomic E-state index is 12.2.